The molecule has 0 heterocycles. The van der Waals surface area contributed by atoms with E-state index in [1.165, 1.54) is 20.0 Å². The summed E-state index contributed by atoms with van der Waals surface area (Å²) in [5.41, 5.74) is 0. The number of para-hydroxylation sites is 2. The molecule has 3 heteroatoms. The fourth-order valence-corrected chi connectivity index (χ4v) is 1.38. The van der Waals surface area contributed by atoms with Crippen molar-refractivity contribution < 1.29 is 14.6 Å². The van der Waals surface area contributed by atoms with Crippen LogP contribution in [0.2, 0.25) is 0 Å². The maximum absolute atomic E-state index is 10.7. The number of carbonyl (C=O) groups excluding carboxylic acids is 1. The van der Waals surface area contributed by atoms with E-state index in [1.54, 1.807) is 24.3 Å². The highest BCUT2D eigenvalue weighted by Crippen LogP contribution is 2.22. The lowest BCUT2D eigenvalue weighted by Gasteiger charge is -1.99. The summed E-state index contributed by atoms with van der Waals surface area (Å²) in [5.74, 6) is 1.10. The van der Waals surface area contributed by atoms with Crippen LogP contribution in [0.25, 0.3) is 0 Å². The summed E-state index contributed by atoms with van der Waals surface area (Å²) >= 11 is 0. The van der Waals surface area contributed by atoms with Gasteiger partial charge in [-0.15, -0.1) is 0 Å². The molecule has 1 N–H and O–H groups in total. The third-order valence-corrected chi connectivity index (χ3v) is 2.54. The number of ether oxygens (including phenoxy) is 1. The smallest absolute Gasteiger partial charge is 0.160 e. The van der Waals surface area contributed by atoms with Gasteiger partial charge in [-0.1, -0.05) is 38.8 Å². The lowest BCUT2D eigenvalue weighted by atomic mass is 10.1. The van der Waals surface area contributed by atoms with Gasteiger partial charge in [-0.05, 0) is 18.6 Å². The topological polar surface area (TPSA) is 46.5 Å². The van der Waals surface area contributed by atoms with E-state index in [0.29, 0.717) is 18.0 Å². The van der Waals surface area contributed by atoms with Gasteiger partial charge in [-0.3, -0.25) is 4.79 Å². The first-order valence-corrected chi connectivity index (χ1v) is 6.49. The van der Waals surface area contributed by atoms with Gasteiger partial charge >= 0.3 is 0 Å². The molecule has 1 aromatic rings. The van der Waals surface area contributed by atoms with Gasteiger partial charge in [-0.25, -0.2) is 0 Å². The van der Waals surface area contributed by atoms with Crippen LogP contribution >= 0.6 is 0 Å². The molecule has 102 valence electrons. The van der Waals surface area contributed by atoms with Crippen molar-refractivity contribution in [1.29, 1.82) is 0 Å². The minimum atomic E-state index is 0.181. The van der Waals surface area contributed by atoms with E-state index in [0.717, 1.165) is 12.8 Å². The Morgan fingerprint density at radius 3 is 2.33 bits per heavy atom. The van der Waals surface area contributed by atoms with E-state index in [-0.39, 0.29) is 5.75 Å². The first-order chi connectivity index (χ1) is 8.65. The summed E-state index contributed by atoms with van der Waals surface area (Å²) in [6.45, 7) is 4.07. The Balaban J connectivity index is 0.000000321. The van der Waals surface area contributed by atoms with Crippen LogP contribution in [-0.2, 0) is 4.79 Å². The minimum absolute atomic E-state index is 0.181. The van der Waals surface area contributed by atoms with E-state index in [2.05, 4.69) is 6.92 Å². The largest absolute Gasteiger partial charge is 0.504 e. The molecule has 1 rings (SSSR count). The quantitative estimate of drug-likeness (QED) is 0.780. The normalized spacial score (nSPS) is 9.28. The SMILES string of the molecule is CCCCCC(=O)CC.COc1ccccc1O. The number of methoxy groups -OCH3 is 1. The molecule has 1 aromatic carbocycles. The standard InChI is InChI=1S/C8H16O.C7H8O2/c1-3-5-6-7-8(9)4-2;1-9-7-5-3-2-4-6(7)8/h3-7H2,1-2H3;2-5,8H,1H3. The maximum Gasteiger partial charge on any atom is 0.160 e. The average Bonchev–Trinajstić information content (AvgIpc) is 2.40. The minimum Gasteiger partial charge on any atom is -0.504 e. The molecule has 0 aliphatic heterocycles. The number of hydrogen-bond acceptors (Lipinski definition) is 3. The second-order valence-corrected chi connectivity index (χ2v) is 4.02. The number of ketones is 1. The van der Waals surface area contributed by atoms with Gasteiger partial charge in [0.1, 0.15) is 5.78 Å². The number of rotatable bonds is 6. The number of Topliss-reactive ketones (excluding diaryl/α,β-unsaturated/α-hetero) is 1. The highest BCUT2D eigenvalue weighted by atomic mass is 16.5. The maximum atomic E-state index is 10.7. The lowest BCUT2D eigenvalue weighted by molar-refractivity contribution is -0.118. The van der Waals surface area contributed by atoms with E-state index < -0.39 is 0 Å². The van der Waals surface area contributed by atoms with Crippen LogP contribution in [0.15, 0.2) is 24.3 Å². The fourth-order valence-electron chi connectivity index (χ4n) is 1.38. The summed E-state index contributed by atoms with van der Waals surface area (Å²) < 4.78 is 4.79. The van der Waals surface area contributed by atoms with Crippen LogP contribution in [0, 0.1) is 0 Å². The van der Waals surface area contributed by atoms with Crippen molar-refractivity contribution in [2.24, 2.45) is 0 Å². The first-order valence-electron chi connectivity index (χ1n) is 6.49. The molecule has 3 nitrogen and oxygen atoms in total. The molecule has 0 spiro atoms. The number of benzene rings is 1. The summed E-state index contributed by atoms with van der Waals surface area (Å²) in [6, 6.07) is 6.84. The number of aromatic hydroxyl groups is 1. The van der Waals surface area contributed by atoms with Crippen LogP contribution in [-0.4, -0.2) is 18.0 Å². The molecule has 18 heavy (non-hydrogen) atoms. The summed E-state index contributed by atoms with van der Waals surface area (Å²) in [5, 5.41) is 8.99. The third kappa shape index (κ3) is 7.71. The Bertz CT molecular complexity index is 334. The number of hydrogen-bond donors (Lipinski definition) is 1. The van der Waals surface area contributed by atoms with Gasteiger partial charge in [0.05, 0.1) is 7.11 Å². The fraction of sp³-hybridized carbons (Fsp3) is 0.533. The third-order valence-electron chi connectivity index (χ3n) is 2.54. The number of phenols is 1. The number of carbonyl (C=O) groups is 1. The Morgan fingerprint density at radius 1 is 1.22 bits per heavy atom. The summed E-state index contributed by atoms with van der Waals surface area (Å²) in [6.07, 6.45) is 5.00. The lowest BCUT2D eigenvalue weighted by Crippen LogP contribution is -1.93. The highest BCUT2D eigenvalue weighted by molar-refractivity contribution is 5.77. The molecule has 0 amide bonds. The first kappa shape index (κ1) is 16.5. The van der Waals surface area contributed by atoms with E-state index in [9.17, 15) is 4.79 Å². The average molecular weight is 252 g/mol. The summed E-state index contributed by atoms with van der Waals surface area (Å²) in [7, 11) is 1.52. The van der Waals surface area contributed by atoms with E-state index in [4.69, 9.17) is 9.84 Å². The predicted molar refractivity (Wildman–Crippen MR) is 74.1 cm³/mol. The van der Waals surface area contributed by atoms with Gasteiger partial charge in [-0.2, -0.15) is 0 Å². The number of phenolic OH excluding ortho intramolecular Hbond substituents is 1. The second kappa shape index (κ2) is 10.6. The Kier molecular flexibility index (Phi) is 9.74. The molecule has 0 aliphatic rings. The van der Waals surface area contributed by atoms with Crippen molar-refractivity contribution in [2.45, 2.75) is 46.0 Å². The zero-order valence-electron chi connectivity index (χ0n) is 11.6. The summed E-state index contributed by atoms with van der Waals surface area (Å²) in [4.78, 5) is 10.7. The van der Waals surface area contributed by atoms with Crippen LogP contribution in [0.4, 0.5) is 0 Å². The van der Waals surface area contributed by atoms with Gasteiger partial charge in [0, 0.05) is 12.8 Å². The molecule has 0 saturated heterocycles. The molecule has 0 bridgehead atoms. The van der Waals surface area contributed by atoms with Gasteiger partial charge in [0.2, 0.25) is 0 Å². The molecular weight excluding hydrogens is 228 g/mol. The molecule has 0 aliphatic carbocycles. The zero-order chi connectivity index (χ0) is 13.8. The highest BCUT2D eigenvalue weighted by Gasteiger charge is 1.95. The Hall–Kier alpha value is -1.51. The number of unbranched alkanes of at least 4 members (excludes halogenated alkanes) is 2. The van der Waals surface area contributed by atoms with Crippen molar-refractivity contribution in [1.82, 2.24) is 0 Å². The monoisotopic (exact) mass is 252 g/mol. The van der Waals surface area contributed by atoms with E-state index >= 15 is 0 Å². The molecule has 0 unspecified atom stereocenters. The molecule has 0 fully saturated rings. The Labute approximate surface area is 110 Å². The predicted octanol–water partition coefficient (Wildman–Crippen LogP) is 3.95. The molecule has 0 saturated carbocycles. The van der Waals surface area contributed by atoms with Crippen LogP contribution in [0.5, 0.6) is 11.5 Å². The second-order valence-electron chi connectivity index (χ2n) is 4.02. The van der Waals surface area contributed by atoms with Crippen LogP contribution in [0.3, 0.4) is 0 Å². The van der Waals surface area contributed by atoms with Crippen molar-refractivity contribution in [3.8, 4) is 11.5 Å². The van der Waals surface area contributed by atoms with Crippen molar-refractivity contribution >= 4 is 5.78 Å². The van der Waals surface area contributed by atoms with Crippen LogP contribution in [0.1, 0.15) is 46.0 Å². The van der Waals surface area contributed by atoms with E-state index in [1.807, 2.05) is 6.92 Å². The molecular formula is C15H24O3. The molecule has 0 aromatic heterocycles. The van der Waals surface area contributed by atoms with Gasteiger partial charge in [0.15, 0.2) is 11.5 Å². The zero-order valence-corrected chi connectivity index (χ0v) is 11.6. The molecule has 0 radical (unpaired) electrons. The molecule has 0 atom stereocenters. The van der Waals surface area contributed by atoms with Crippen molar-refractivity contribution in [2.75, 3.05) is 7.11 Å². The van der Waals surface area contributed by atoms with Crippen LogP contribution < -0.4 is 4.74 Å². The Morgan fingerprint density at radius 2 is 1.89 bits per heavy atom. The van der Waals surface area contributed by atoms with Gasteiger partial charge in [0.25, 0.3) is 0 Å². The van der Waals surface area contributed by atoms with Gasteiger partial charge < -0.3 is 9.84 Å². The van der Waals surface area contributed by atoms with Crippen molar-refractivity contribution in [3.63, 3.8) is 0 Å². The van der Waals surface area contributed by atoms with Crippen molar-refractivity contribution in [3.05, 3.63) is 24.3 Å².